The molecule has 1 saturated carbocycles. The van der Waals surface area contributed by atoms with Crippen LogP contribution < -0.4 is 10.6 Å². The van der Waals surface area contributed by atoms with Gasteiger partial charge in [-0.15, -0.1) is 0 Å². The quantitative estimate of drug-likeness (QED) is 0.442. The summed E-state index contributed by atoms with van der Waals surface area (Å²) >= 11 is 3.51. The van der Waals surface area contributed by atoms with Gasteiger partial charge in [-0.2, -0.15) is 0 Å². The lowest BCUT2D eigenvalue weighted by molar-refractivity contribution is 0.195. The molecule has 0 saturated heterocycles. The van der Waals surface area contributed by atoms with E-state index >= 15 is 0 Å². The summed E-state index contributed by atoms with van der Waals surface area (Å²) < 4.78 is 6.20. The van der Waals surface area contributed by atoms with E-state index in [1.165, 1.54) is 24.8 Å². The van der Waals surface area contributed by atoms with Gasteiger partial charge < -0.3 is 15.4 Å². The Morgan fingerprint density at radius 1 is 1.27 bits per heavy atom. The zero-order chi connectivity index (χ0) is 15.8. The molecular weight excluding hydrogens is 342 g/mol. The minimum atomic E-state index is 0.255. The lowest BCUT2D eigenvalue weighted by Crippen LogP contribution is -2.49. The van der Waals surface area contributed by atoms with Crippen LogP contribution in [0.3, 0.4) is 0 Å². The van der Waals surface area contributed by atoms with Crippen molar-refractivity contribution in [3.63, 3.8) is 0 Å². The van der Waals surface area contributed by atoms with Crippen LogP contribution in [0.5, 0.6) is 0 Å². The molecule has 0 spiro atoms. The fourth-order valence-corrected chi connectivity index (χ4v) is 3.14. The van der Waals surface area contributed by atoms with Crippen molar-refractivity contribution in [3.8, 4) is 0 Å². The number of aliphatic imine (C=N–C) groups is 1. The normalized spacial score (nSPS) is 17.0. The second-order valence-corrected chi connectivity index (χ2v) is 6.76. The molecule has 122 valence electrons. The van der Waals surface area contributed by atoms with Crippen molar-refractivity contribution in [1.29, 1.82) is 0 Å². The molecule has 0 atom stereocenters. The molecule has 0 bridgehead atoms. The summed E-state index contributed by atoms with van der Waals surface area (Å²) in [6.45, 7) is 2.57. The molecular formula is C17H26BrN3O. The predicted molar refractivity (Wildman–Crippen MR) is 95.5 cm³/mol. The van der Waals surface area contributed by atoms with Crippen LogP contribution in [0.2, 0.25) is 0 Å². The Balaban J connectivity index is 1.88. The molecule has 0 heterocycles. The maximum absolute atomic E-state index is 5.06. The summed E-state index contributed by atoms with van der Waals surface area (Å²) in [6.07, 6.45) is 4.76. The second kappa shape index (κ2) is 8.53. The van der Waals surface area contributed by atoms with Crippen LogP contribution in [-0.2, 0) is 10.2 Å². The number of benzene rings is 1. The van der Waals surface area contributed by atoms with Gasteiger partial charge in [-0.25, -0.2) is 0 Å². The van der Waals surface area contributed by atoms with Crippen molar-refractivity contribution < 1.29 is 4.74 Å². The number of nitrogens with zero attached hydrogens (tertiary/aromatic N) is 1. The molecule has 4 nitrogen and oxygen atoms in total. The average Bonchev–Trinajstić information content (AvgIpc) is 2.49. The van der Waals surface area contributed by atoms with E-state index in [9.17, 15) is 0 Å². The first-order valence-corrected chi connectivity index (χ1v) is 8.69. The summed E-state index contributed by atoms with van der Waals surface area (Å²) in [5, 5.41) is 6.83. The van der Waals surface area contributed by atoms with Crippen LogP contribution in [0.4, 0.5) is 0 Å². The van der Waals surface area contributed by atoms with E-state index in [0.717, 1.165) is 36.5 Å². The van der Waals surface area contributed by atoms with Crippen molar-refractivity contribution in [1.82, 2.24) is 10.6 Å². The van der Waals surface area contributed by atoms with Gasteiger partial charge in [0, 0.05) is 43.7 Å². The Kier molecular flexibility index (Phi) is 6.70. The molecule has 5 heteroatoms. The van der Waals surface area contributed by atoms with Crippen LogP contribution in [0.15, 0.2) is 33.7 Å². The number of hydrogen-bond acceptors (Lipinski definition) is 2. The lowest BCUT2D eigenvalue weighted by atomic mass is 9.64. The molecule has 0 radical (unpaired) electrons. The van der Waals surface area contributed by atoms with Crippen LogP contribution >= 0.6 is 15.9 Å². The van der Waals surface area contributed by atoms with Crippen molar-refractivity contribution in [2.24, 2.45) is 4.99 Å². The average molecular weight is 368 g/mol. The molecule has 0 unspecified atom stereocenters. The molecule has 1 aromatic carbocycles. The molecule has 1 aromatic rings. The third-order valence-corrected chi connectivity index (χ3v) is 4.93. The fourth-order valence-electron chi connectivity index (χ4n) is 2.87. The number of halogens is 1. The molecule has 0 aromatic heterocycles. The Labute approximate surface area is 141 Å². The van der Waals surface area contributed by atoms with Gasteiger partial charge in [0.15, 0.2) is 5.96 Å². The zero-order valence-electron chi connectivity index (χ0n) is 13.5. The van der Waals surface area contributed by atoms with Crippen LogP contribution in [0.1, 0.15) is 31.2 Å². The van der Waals surface area contributed by atoms with Gasteiger partial charge in [-0.05, 0) is 37.0 Å². The largest absolute Gasteiger partial charge is 0.385 e. The highest BCUT2D eigenvalue weighted by Gasteiger charge is 2.38. The van der Waals surface area contributed by atoms with Gasteiger partial charge in [-0.3, -0.25) is 4.99 Å². The lowest BCUT2D eigenvalue weighted by Gasteiger charge is -2.43. The molecule has 2 N–H and O–H groups in total. The van der Waals surface area contributed by atoms with Gasteiger partial charge in [0.1, 0.15) is 0 Å². The highest BCUT2D eigenvalue weighted by molar-refractivity contribution is 9.10. The van der Waals surface area contributed by atoms with Crippen LogP contribution in [0, 0.1) is 0 Å². The van der Waals surface area contributed by atoms with E-state index in [1.54, 1.807) is 7.11 Å². The predicted octanol–water partition coefficient (Wildman–Crippen LogP) is 3.07. The van der Waals surface area contributed by atoms with Gasteiger partial charge >= 0.3 is 0 Å². The maximum Gasteiger partial charge on any atom is 0.191 e. The molecule has 1 aliphatic rings. The smallest absolute Gasteiger partial charge is 0.191 e. The molecule has 22 heavy (non-hydrogen) atoms. The number of hydrogen-bond donors (Lipinski definition) is 2. The molecule has 1 aliphatic carbocycles. The van der Waals surface area contributed by atoms with E-state index < -0.39 is 0 Å². The summed E-state index contributed by atoms with van der Waals surface area (Å²) in [5.41, 5.74) is 1.68. The summed E-state index contributed by atoms with van der Waals surface area (Å²) in [6, 6.07) is 8.74. The van der Waals surface area contributed by atoms with Crippen molar-refractivity contribution in [3.05, 3.63) is 34.3 Å². The highest BCUT2D eigenvalue weighted by atomic mass is 79.9. The topological polar surface area (TPSA) is 45.7 Å². The maximum atomic E-state index is 5.06. The Bertz CT molecular complexity index is 483. The second-order valence-electron chi connectivity index (χ2n) is 5.84. The molecule has 0 aliphatic heterocycles. The Morgan fingerprint density at radius 2 is 2.00 bits per heavy atom. The van der Waals surface area contributed by atoms with Crippen molar-refractivity contribution in [2.45, 2.75) is 31.1 Å². The third kappa shape index (κ3) is 4.46. The first-order valence-electron chi connectivity index (χ1n) is 7.90. The number of methoxy groups -OCH3 is 1. The van der Waals surface area contributed by atoms with Crippen molar-refractivity contribution >= 4 is 21.9 Å². The minimum absolute atomic E-state index is 0.255. The van der Waals surface area contributed by atoms with Crippen LogP contribution in [-0.4, -0.2) is 39.8 Å². The van der Waals surface area contributed by atoms with E-state index in [2.05, 4.69) is 55.8 Å². The van der Waals surface area contributed by atoms with Gasteiger partial charge in [0.05, 0.1) is 0 Å². The third-order valence-electron chi connectivity index (χ3n) is 4.40. The van der Waals surface area contributed by atoms with Gasteiger partial charge in [0.2, 0.25) is 0 Å². The van der Waals surface area contributed by atoms with E-state index in [0.29, 0.717) is 0 Å². The first-order chi connectivity index (χ1) is 10.7. The molecule has 0 amide bonds. The fraction of sp³-hybridized carbons (Fsp3) is 0.588. The van der Waals surface area contributed by atoms with E-state index in [4.69, 9.17) is 4.74 Å². The molecule has 1 fully saturated rings. The van der Waals surface area contributed by atoms with Gasteiger partial charge in [-0.1, -0.05) is 34.5 Å². The molecule has 2 rings (SSSR count). The van der Waals surface area contributed by atoms with Crippen LogP contribution in [0.25, 0.3) is 0 Å². The Hall–Kier alpha value is -1.07. The highest BCUT2D eigenvalue weighted by Crippen LogP contribution is 2.43. The van der Waals surface area contributed by atoms with E-state index in [-0.39, 0.29) is 5.41 Å². The summed E-state index contributed by atoms with van der Waals surface area (Å²) in [4.78, 5) is 4.30. The Morgan fingerprint density at radius 3 is 2.55 bits per heavy atom. The summed E-state index contributed by atoms with van der Waals surface area (Å²) in [7, 11) is 3.55. The standard InChI is InChI=1S/C17H26BrN3O/c1-19-16(20-11-4-12-22-2)21-13-17(9-3-10-17)14-5-7-15(18)8-6-14/h5-8H,3-4,9-13H2,1-2H3,(H2,19,20,21). The van der Waals surface area contributed by atoms with Crippen molar-refractivity contribution in [2.75, 3.05) is 33.9 Å². The number of nitrogens with one attached hydrogen (secondary N) is 2. The number of ether oxygens (including phenoxy) is 1. The first kappa shape index (κ1) is 17.3. The number of rotatable bonds is 7. The minimum Gasteiger partial charge on any atom is -0.385 e. The summed E-state index contributed by atoms with van der Waals surface area (Å²) in [5.74, 6) is 0.875. The SMILES string of the molecule is CN=C(NCCCOC)NCC1(c2ccc(Br)cc2)CCC1. The monoisotopic (exact) mass is 367 g/mol. The van der Waals surface area contributed by atoms with Gasteiger partial charge in [0.25, 0.3) is 0 Å². The van der Waals surface area contributed by atoms with E-state index in [1.807, 2.05) is 7.05 Å². The zero-order valence-corrected chi connectivity index (χ0v) is 15.1. The number of guanidine groups is 1.